The van der Waals surface area contributed by atoms with Crippen molar-refractivity contribution >= 4 is 5.91 Å². The Balaban J connectivity index is 2.65. The van der Waals surface area contributed by atoms with E-state index in [0.717, 1.165) is 6.20 Å². The lowest BCUT2D eigenvalue weighted by molar-refractivity contribution is 0.0936. The van der Waals surface area contributed by atoms with Gasteiger partial charge < -0.3 is 11.1 Å². The molecule has 0 aliphatic rings. The Morgan fingerprint density at radius 3 is 2.93 bits per heavy atom. The summed E-state index contributed by atoms with van der Waals surface area (Å²) in [4.78, 5) is 15.0. The van der Waals surface area contributed by atoms with Gasteiger partial charge in [-0.15, -0.1) is 0 Å². The zero-order chi connectivity index (χ0) is 10.6. The number of carbonyl (C=O) groups is 1. The van der Waals surface area contributed by atoms with Gasteiger partial charge in [-0.2, -0.15) is 0 Å². The molecule has 1 heterocycles. The highest BCUT2D eigenvalue weighted by molar-refractivity contribution is 5.92. The normalized spacial score (nSPS) is 12.2. The number of hydrogen-bond donors (Lipinski definition) is 2. The van der Waals surface area contributed by atoms with Crippen LogP contribution in [0.1, 0.15) is 17.4 Å². The average molecular weight is 197 g/mol. The van der Waals surface area contributed by atoms with Gasteiger partial charge in [0.25, 0.3) is 5.91 Å². The van der Waals surface area contributed by atoms with Gasteiger partial charge >= 0.3 is 0 Å². The summed E-state index contributed by atoms with van der Waals surface area (Å²) < 4.78 is 12.5. The van der Waals surface area contributed by atoms with Crippen molar-refractivity contribution in [1.29, 1.82) is 0 Å². The molecule has 1 aromatic heterocycles. The average Bonchev–Trinajstić information content (AvgIpc) is 2.18. The van der Waals surface area contributed by atoms with Crippen molar-refractivity contribution in [3.8, 4) is 0 Å². The van der Waals surface area contributed by atoms with Gasteiger partial charge in [-0.05, 0) is 19.1 Å². The molecule has 0 saturated heterocycles. The van der Waals surface area contributed by atoms with Crippen LogP contribution in [0.3, 0.4) is 0 Å². The minimum absolute atomic E-state index is 0.116. The quantitative estimate of drug-likeness (QED) is 0.732. The summed E-state index contributed by atoms with van der Waals surface area (Å²) in [5.74, 6) is -0.809. The van der Waals surface area contributed by atoms with E-state index in [-0.39, 0.29) is 17.6 Å². The van der Waals surface area contributed by atoms with E-state index in [4.69, 9.17) is 5.73 Å². The maximum Gasteiger partial charge on any atom is 0.270 e. The van der Waals surface area contributed by atoms with E-state index in [1.54, 1.807) is 6.92 Å². The third-order valence-corrected chi connectivity index (χ3v) is 1.69. The van der Waals surface area contributed by atoms with Gasteiger partial charge in [-0.1, -0.05) is 0 Å². The van der Waals surface area contributed by atoms with E-state index in [1.807, 2.05) is 0 Å². The van der Waals surface area contributed by atoms with E-state index in [2.05, 4.69) is 10.3 Å². The number of aromatic nitrogens is 1. The van der Waals surface area contributed by atoms with Crippen molar-refractivity contribution in [2.24, 2.45) is 5.73 Å². The van der Waals surface area contributed by atoms with Crippen LogP contribution >= 0.6 is 0 Å². The Kier molecular flexibility index (Phi) is 3.53. The first-order valence-electron chi connectivity index (χ1n) is 4.26. The second-order valence-electron chi connectivity index (χ2n) is 2.97. The van der Waals surface area contributed by atoms with Crippen LogP contribution in [0, 0.1) is 5.82 Å². The molecule has 5 heteroatoms. The molecule has 76 valence electrons. The van der Waals surface area contributed by atoms with Gasteiger partial charge in [0.05, 0.1) is 6.20 Å². The zero-order valence-electron chi connectivity index (χ0n) is 7.83. The van der Waals surface area contributed by atoms with Gasteiger partial charge in [0, 0.05) is 12.6 Å². The predicted molar refractivity (Wildman–Crippen MR) is 50.2 cm³/mol. The van der Waals surface area contributed by atoms with Crippen molar-refractivity contribution in [2.45, 2.75) is 13.0 Å². The highest BCUT2D eigenvalue weighted by Crippen LogP contribution is 1.98. The molecule has 0 unspecified atom stereocenters. The van der Waals surface area contributed by atoms with Gasteiger partial charge in [0.2, 0.25) is 0 Å². The Morgan fingerprint density at radius 1 is 1.71 bits per heavy atom. The SMILES string of the molecule is C[C@H](CN)NC(=O)c1ccc(F)cn1. The van der Waals surface area contributed by atoms with Crippen molar-refractivity contribution in [3.05, 3.63) is 29.8 Å². The summed E-state index contributed by atoms with van der Waals surface area (Å²) in [6.07, 6.45) is 1.00. The number of amides is 1. The largest absolute Gasteiger partial charge is 0.347 e. The lowest BCUT2D eigenvalue weighted by Gasteiger charge is -2.10. The third kappa shape index (κ3) is 2.77. The standard InChI is InChI=1S/C9H12FN3O/c1-6(4-11)13-9(14)8-3-2-7(10)5-12-8/h2-3,5-6H,4,11H2,1H3,(H,13,14)/t6-/m1/s1. The van der Waals surface area contributed by atoms with Gasteiger partial charge in [0.15, 0.2) is 0 Å². The van der Waals surface area contributed by atoms with Crippen LogP contribution in [-0.4, -0.2) is 23.5 Å². The number of nitrogens with zero attached hydrogens (tertiary/aromatic N) is 1. The van der Waals surface area contributed by atoms with E-state index in [1.165, 1.54) is 12.1 Å². The molecule has 1 amide bonds. The molecular formula is C9H12FN3O. The second-order valence-corrected chi connectivity index (χ2v) is 2.97. The van der Waals surface area contributed by atoms with Crippen molar-refractivity contribution in [1.82, 2.24) is 10.3 Å². The molecule has 14 heavy (non-hydrogen) atoms. The summed E-state index contributed by atoms with van der Waals surface area (Å²) in [6, 6.07) is 2.40. The van der Waals surface area contributed by atoms with Gasteiger partial charge in [-0.3, -0.25) is 4.79 Å². The molecule has 0 bridgehead atoms. The molecule has 0 radical (unpaired) electrons. The van der Waals surface area contributed by atoms with Crippen LogP contribution in [0.2, 0.25) is 0 Å². The zero-order valence-corrected chi connectivity index (χ0v) is 7.83. The number of carbonyl (C=O) groups excluding carboxylic acids is 1. The summed E-state index contributed by atoms with van der Waals surface area (Å²) in [7, 11) is 0. The van der Waals surface area contributed by atoms with E-state index in [9.17, 15) is 9.18 Å². The molecule has 0 saturated carbocycles. The van der Waals surface area contributed by atoms with Crippen LogP contribution in [0.15, 0.2) is 18.3 Å². The molecule has 0 spiro atoms. The van der Waals surface area contributed by atoms with Gasteiger partial charge in [0.1, 0.15) is 11.5 Å². The smallest absolute Gasteiger partial charge is 0.270 e. The first-order valence-corrected chi connectivity index (χ1v) is 4.26. The highest BCUT2D eigenvalue weighted by Gasteiger charge is 2.09. The molecule has 4 nitrogen and oxygen atoms in total. The number of nitrogens with one attached hydrogen (secondary N) is 1. The Hall–Kier alpha value is -1.49. The number of halogens is 1. The first kappa shape index (κ1) is 10.6. The Morgan fingerprint density at radius 2 is 2.43 bits per heavy atom. The highest BCUT2D eigenvalue weighted by atomic mass is 19.1. The Labute approximate surface area is 81.3 Å². The van der Waals surface area contributed by atoms with Crippen LogP contribution in [-0.2, 0) is 0 Å². The van der Waals surface area contributed by atoms with E-state index in [0.29, 0.717) is 6.54 Å². The molecule has 0 aromatic carbocycles. The molecule has 0 aliphatic heterocycles. The van der Waals surface area contributed by atoms with Crippen molar-refractivity contribution < 1.29 is 9.18 Å². The second kappa shape index (κ2) is 4.66. The van der Waals surface area contributed by atoms with Crippen molar-refractivity contribution in [2.75, 3.05) is 6.54 Å². The fraction of sp³-hybridized carbons (Fsp3) is 0.333. The maximum atomic E-state index is 12.5. The first-order chi connectivity index (χ1) is 6.63. The summed E-state index contributed by atoms with van der Waals surface area (Å²) in [5.41, 5.74) is 5.51. The number of pyridine rings is 1. The number of rotatable bonds is 3. The molecule has 1 aromatic rings. The van der Waals surface area contributed by atoms with Crippen LogP contribution in [0.25, 0.3) is 0 Å². The minimum Gasteiger partial charge on any atom is -0.347 e. The lowest BCUT2D eigenvalue weighted by Crippen LogP contribution is -2.38. The van der Waals surface area contributed by atoms with Crippen LogP contribution < -0.4 is 11.1 Å². The topological polar surface area (TPSA) is 68.0 Å². The lowest BCUT2D eigenvalue weighted by atomic mass is 10.3. The maximum absolute atomic E-state index is 12.5. The molecule has 3 N–H and O–H groups in total. The Bertz CT molecular complexity index is 312. The number of hydrogen-bond acceptors (Lipinski definition) is 3. The fourth-order valence-electron chi connectivity index (χ4n) is 0.867. The minimum atomic E-state index is -0.464. The van der Waals surface area contributed by atoms with E-state index < -0.39 is 5.82 Å². The summed E-state index contributed by atoms with van der Waals surface area (Å²) in [6.45, 7) is 2.13. The molecule has 1 atom stereocenters. The predicted octanol–water partition coefficient (Wildman–Crippen LogP) is 0.298. The molecule has 0 aliphatic carbocycles. The monoisotopic (exact) mass is 197 g/mol. The summed E-state index contributed by atoms with van der Waals surface area (Å²) in [5, 5.41) is 2.62. The van der Waals surface area contributed by atoms with Crippen LogP contribution in [0.5, 0.6) is 0 Å². The number of nitrogens with two attached hydrogens (primary N) is 1. The molecular weight excluding hydrogens is 185 g/mol. The molecule has 1 rings (SSSR count). The van der Waals surface area contributed by atoms with Crippen LogP contribution in [0.4, 0.5) is 4.39 Å². The summed E-state index contributed by atoms with van der Waals surface area (Å²) >= 11 is 0. The fourth-order valence-corrected chi connectivity index (χ4v) is 0.867. The van der Waals surface area contributed by atoms with E-state index >= 15 is 0 Å². The molecule has 0 fully saturated rings. The third-order valence-electron chi connectivity index (χ3n) is 1.69. The van der Waals surface area contributed by atoms with Crippen molar-refractivity contribution in [3.63, 3.8) is 0 Å². The van der Waals surface area contributed by atoms with Gasteiger partial charge in [-0.25, -0.2) is 9.37 Å².